The fourth-order valence-corrected chi connectivity index (χ4v) is 7.30. The SMILES string of the molecule is CCCCCCCCCCC(=O)Oc1cc(O)cc2c1[C@H]1CC[C@]3(C)[C@H](O)CC[C@H]3[C@@H]1CC2. The zero-order valence-electron chi connectivity index (χ0n) is 20.8. The number of carbonyl (C=O) groups excluding carboxylic acids is 1. The molecular formula is C29H44O4. The van der Waals surface area contributed by atoms with E-state index in [-0.39, 0.29) is 23.2 Å². The van der Waals surface area contributed by atoms with Crippen LogP contribution >= 0.6 is 0 Å². The number of fused-ring (bicyclic) bond motifs is 5. The Labute approximate surface area is 200 Å². The normalized spacial score (nSPS) is 30.4. The summed E-state index contributed by atoms with van der Waals surface area (Å²) in [5, 5.41) is 21.0. The van der Waals surface area contributed by atoms with E-state index in [4.69, 9.17) is 4.74 Å². The van der Waals surface area contributed by atoms with Crippen molar-refractivity contribution in [2.75, 3.05) is 0 Å². The van der Waals surface area contributed by atoms with E-state index < -0.39 is 0 Å². The van der Waals surface area contributed by atoms with Crippen molar-refractivity contribution < 1.29 is 19.7 Å². The van der Waals surface area contributed by atoms with Gasteiger partial charge in [0.25, 0.3) is 0 Å². The third-order valence-corrected chi connectivity index (χ3v) is 9.18. The number of carbonyl (C=O) groups is 1. The molecule has 4 heteroatoms. The molecule has 0 radical (unpaired) electrons. The molecule has 0 heterocycles. The molecule has 2 saturated carbocycles. The van der Waals surface area contributed by atoms with E-state index >= 15 is 0 Å². The molecule has 0 spiro atoms. The van der Waals surface area contributed by atoms with E-state index in [1.807, 2.05) is 6.07 Å². The minimum atomic E-state index is -0.186. The van der Waals surface area contributed by atoms with Gasteiger partial charge in [0, 0.05) is 18.1 Å². The number of aromatic hydroxyl groups is 1. The van der Waals surface area contributed by atoms with Crippen molar-refractivity contribution in [2.24, 2.45) is 17.3 Å². The quantitative estimate of drug-likeness (QED) is 0.225. The maximum atomic E-state index is 12.7. The molecule has 2 fully saturated rings. The average molecular weight is 457 g/mol. The lowest BCUT2D eigenvalue weighted by Crippen LogP contribution is -2.44. The van der Waals surface area contributed by atoms with Gasteiger partial charge in [0.1, 0.15) is 11.5 Å². The van der Waals surface area contributed by atoms with Crippen LogP contribution in [0, 0.1) is 17.3 Å². The van der Waals surface area contributed by atoms with E-state index in [1.165, 1.54) is 38.5 Å². The highest BCUT2D eigenvalue weighted by Crippen LogP contribution is 2.62. The smallest absolute Gasteiger partial charge is 0.311 e. The van der Waals surface area contributed by atoms with Crippen molar-refractivity contribution in [2.45, 2.75) is 122 Å². The van der Waals surface area contributed by atoms with E-state index in [1.54, 1.807) is 6.07 Å². The first-order valence-electron chi connectivity index (χ1n) is 13.7. The molecule has 1 aromatic carbocycles. The van der Waals surface area contributed by atoms with Gasteiger partial charge in [-0.05, 0) is 79.7 Å². The fraction of sp³-hybridized carbons (Fsp3) is 0.759. The molecule has 0 amide bonds. The van der Waals surface area contributed by atoms with Gasteiger partial charge in [0.2, 0.25) is 0 Å². The minimum Gasteiger partial charge on any atom is -0.508 e. The number of unbranched alkanes of at least 4 members (excludes halogenated alkanes) is 7. The minimum absolute atomic E-state index is 0.0307. The molecule has 4 rings (SSSR count). The molecule has 33 heavy (non-hydrogen) atoms. The molecule has 0 saturated heterocycles. The summed E-state index contributed by atoms with van der Waals surface area (Å²) in [4.78, 5) is 12.7. The van der Waals surface area contributed by atoms with Crippen LogP contribution < -0.4 is 4.74 Å². The average Bonchev–Trinajstić information content (AvgIpc) is 3.09. The van der Waals surface area contributed by atoms with Crippen LogP contribution in [0.5, 0.6) is 11.5 Å². The highest BCUT2D eigenvalue weighted by molar-refractivity contribution is 5.73. The first-order chi connectivity index (χ1) is 15.9. The zero-order valence-corrected chi connectivity index (χ0v) is 20.8. The Kier molecular flexibility index (Phi) is 8.04. The van der Waals surface area contributed by atoms with E-state index in [2.05, 4.69) is 13.8 Å². The van der Waals surface area contributed by atoms with Crippen molar-refractivity contribution in [3.05, 3.63) is 23.3 Å². The van der Waals surface area contributed by atoms with Gasteiger partial charge in [-0.2, -0.15) is 0 Å². The predicted molar refractivity (Wildman–Crippen MR) is 132 cm³/mol. The lowest BCUT2D eigenvalue weighted by Gasteiger charge is -2.50. The van der Waals surface area contributed by atoms with Gasteiger partial charge >= 0.3 is 5.97 Å². The van der Waals surface area contributed by atoms with E-state index in [0.29, 0.717) is 29.9 Å². The van der Waals surface area contributed by atoms with E-state index in [0.717, 1.165) is 62.5 Å². The number of rotatable bonds is 10. The number of hydrogen-bond acceptors (Lipinski definition) is 4. The molecular weight excluding hydrogens is 412 g/mol. The number of phenolic OH excluding ortho intramolecular Hbond substituents is 1. The second-order valence-electron chi connectivity index (χ2n) is 11.3. The van der Waals surface area contributed by atoms with E-state index in [9.17, 15) is 15.0 Å². The molecule has 3 aliphatic rings. The highest BCUT2D eigenvalue weighted by atomic mass is 16.5. The molecule has 2 N–H and O–H groups in total. The summed E-state index contributed by atoms with van der Waals surface area (Å²) >= 11 is 0. The second-order valence-corrected chi connectivity index (χ2v) is 11.3. The molecule has 4 nitrogen and oxygen atoms in total. The van der Waals surface area contributed by atoms with Crippen LogP contribution in [-0.2, 0) is 11.2 Å². The summed E-state index contributed by atoms with van der Waals surface area (Å²) in [6.45, 7) is 4.52. The molecule has 3 aliphatic carbocycles. The van der Waals surface area contributed by atoms with Crippen molar-refractivity contribution in [3.63, 3.8) is 0 Å². The standard InChI is InChI=1S/C29H44O4/c1-3-4-5-6-7-8-9-10-11-27(32)33-25-19-21(30)18-20-12-13-22-23(28(20)25)16-17-29(2)24(22)14-15-26(29)31/h18-19,22-24,26,30-31H,3-17H2,1-2H3/t22-,23+,24+,26-,29+/m1/s1. The number of esters is 1. The molecule has 184 valence electrons. The van der Waals surface area contributed by atoms with Crippen LogP contribution in [0.1, 0.15) is 121 Å². The molecule has 0 unspecified atom stereocenters. The number of hydrogen-bond donors (Lipinski definition) is 2. The second kappa shape index (κ2) is 10.8. The van der Waals surface area contributed by atoms with Gasteiger partial charge in [0.15, 0.2) is 0 Å². The zero-order chi connectivity index (χ0) is 23.4. The Bertz CT molecular complexity index is 818. The molecule has 0 aliphatic heterocycles. The maximum Gasteiger partial charge on any atom is 0.311 e. The Balaban J connectivity index is 1.38. The predicted octanol–water partition coefficient (Wildman–Crippen LogP) is 7.05. The summed E-state index contributed by atoms with van der Waals surface area (Å²) < 4.78 is 5.91. The van der Waals surface area contributed by atoms with Gasteiger partial charge in [-0.15, -0.1) is 0 Å². The Morgan fingerprint density at radius 2 is 1.76 bits per heavy atom. The Hall–Kier alpha value is -1.55. The van der Waals surface area contributed by atoms with Gasteiger partial charge in [-0.25, -0.2) is 0 Å². The van der Waals surface area contributed by atoms with Gasteiger partial charge in [-0.1, -0.05) is 58.8 Å². The molecule has 0 bridgehead atoms. The summed E-state index contributed by atoms with van der Waals surface area (Å²) in [5.74, 6) is 2.04. The summed E-state index contributed by atoms with van der Waals surface area (Å²) in [5.41, 5.74) is 2.34. The largest absolute Gasteiger partial charge is 0.508 e. The molecule has 5 atom stereocenters. The fourth-order valence-electron chi connectivity index (χ4n) is 7.30. The summed E-state index contributed by atoms with van der Waals surface area (Å²) in [6, 6.07) is 3.53. The Morgan fingerprint density at radius 1 is 1.03 bits per heavy atom. The van der Waals surface area contributed by atoms with Crippen LogP contribution in [0.25, 0.3) is 0 Å². The van der Waals surface area contributed by atoms with Gasteiger partial charge in [-0.3, -0.25) is 4.79 Å². The molecule has 1 aromatic rings. The lowest BCUT2D eigenvalue weighted by atomic mass is 9.55. The first-order valence-corrected chi connectivity index (χ1v) is 13.7. The van der Waals surface area contributed by atoms with Gasteiger partial charge in [0.05, 0.1) is 6.10 Å². The number of aryl methyl sites for hydroxylation is 1. The van der Waals surface area contributed by atoms with Crippen molar-refractivity contribution in [3.8, 4) is 11.5 Å². The number of aliphatic hydroxyl groups excluding tert-OH is 1. The molecule has 0 aromatic heterocycles. The van der Waals surface area contributed by atoms with Crippen molar-refractivity contribution in [1.29, 1.82) is 0 Å². The third-order valence-electron chi connectivity index (χ3n) is 9.18. The number of phenols is 1. The monoisotopic (exact) mass is 456 g/mol. The number of aliphatic hydroxyl groups is 1. The van der Waals surface area contributed by atoms with Gasteiger partial charge < -0.3 is 14.9 Å². The number of ether oxygens (including phenoxy) is 1. The lowest BCUT2D eigenvalue weighted by molar-refractivity contribution is -0.134. The van der Waals surface area contributed by atoms with Crippen LogP contribution in [0.3, 0.4) is 0 Å². The van der Waals surface area contributed by atoms with Crippen LogP contribution in [0.15, 0.2) is 12.1 Å². The van der Waals surface area contributed by atoms with Crippen molar-refractivity contribution >= 4 is 5.97 Å². The maximum absolute atomic E-state index is 12.7. The number of benzene rings is 1. The highest BCUT2D eigenvalue weighted by Gasteiger charge is 2.54. The van der Waals surface area contributed by atoms with Crippen LogP contribution in [0.2, 0.25) is 0 Å². The van der Waals surface area contributed by atoms with Crippen LogP contribution in [-0.4, -0.2) is 22.3 Å². The third kappa shape index (κ3) is 5.26. The summed E-state index contributed by atoms with van der Waals surface area (Å²) in [7, 11) is 0. The topological polar surface area (TPSA) is 66.8 Å². The van der Waals surface area contributed by atoms with Crippen molar-refractivity contribution in [1.82, 2.24) is 0 Å². The van der Waals surface area contributed by atoms with Crippen LogP contribution in [0.4, 0.5) is 0 Å². The Morgan fingerprint density at radius 3 is 2.52 bits per heavy atom. The first kappa shape index (κ1) is 24.6. The summed E-state index contributed by atoms with van der Waals surface area (Å²) in [6.07, 6.45) is 15.9.